The molecule has 5 rings (SSSR count). The minimum absolute atomic E-state index is 0.0575. The fraction of sp³-hybridized carbons (Fsp3) is 0.160. The zero-order valence-electron chi connectivity index (χ0n) is 24.9. The fourth-order valence-electron chi connectivity index (χ4n) is 3.70. The van der Waals surface area contributed by atoms with Crippen molar-refractivity contribution in [1.29, 1.82) is 0 Å². The Bertz CT molecular complexity index is 1790. The van der Waals surface area contributed by atoms with Crippen LogP contribution >= 0.6 is 0 Å². The van der Waals surface area contributed by atoms with Crippen molar-refractivity contribution in [3.05, 3.63) is 77.2 Å². The molecule has 3 heterocycles. The van der Waals surface area contributed by atoms with Crippen molar-refractivity contribution in [2.75, 3.05) is 13.6 Å². The molecule has 0 aliphatic carbocycles. The van der Waals surface area contributed by atoms with Crippen molar-refractivity contribution in [1.82, 2.24) is 19.3 Å². The first-order chi connectivity index (χ1) is 18.6. The number of ether oxygens (including phenoxy) is 2. The number of aromatic nitrogens is 4. The summed E-state index contributed by atoms with van der Waals surface area (Å²) in [6.07, 6.45) is 1.83. The van der Waals surface area contributed by atoms with Crippen LogP contribution in [0.3, 0.4) is 0 Å². The van der Waals surface area contributed by atoms with Gasteiger partial charge in [-0.3, -0.25) is 14.0 Å². The molecule has 32 heavy (non-hydrogen) atoms. The van der Waals surface area contributed by atoms with E-state index in [0.717, 1.165) is 10.9 Å². The van der Waals surface area contributed by atoms with E-state index < -0.39 is 26.0 Å². The predicted octanol–water partition coefficient (Wildman–Crippen LogP) is 4.35. The van der Waals surface area contributed by atoms with Gasteiger partial charge in [0.15, 0.2) is 5.65 Å². The van der Waals surface area contributed by atoms with E-state index in [1.54, 1.807) is 36.0 Å². The first-order valence-electron chi connectivity index (χ1n) is 13.6. The van der Waals surface area contributed by atoms with Gasteiger partial charge in [-0.2, -0.15) is 10.1 Å². The van der Waals surface area contributed by atoms with Crippen molar-refractivity contribution in [2.24, 2.45) is 7.05 Å². The van der Waals surface area contributed by atoms with Gasteiger partial charge in [-0.05, 0) is 60.9 Å². The number of nitrogens with zero attached hydrogens (tertiary/aromatic N) is 4. The van der Waals surface area contributed by atoms with E-state index in [1.165, 1.54) is 34.9 Å². The normalized spacial score (nSPS) is 16.2. The van der Waals surface area contributed by atoms with Gasteiger partial charge in [0.2, 0.25) is 5.88 Å². The second kappa shape index (κ2) is 7.85. The molecule has 0 fully saturated rings. The standard InChI is InChI=1S/C25H22N4O3/c1-4-32-23-12-6-17-14-21(16-5-11-22-18(13-16)15-28(2)27-22)25(30)29(24(17)26-23)19-7-9-20(31-3)10-8-19/h5-15H,4H2,1-3H3/i1D3,3D3,4D2. The lowest BCUT2D eigenvalue weighted by atomic mass is 10.0. The second-order valence-corrected chi connectivity index (χ2v) is 7.14. The van der Waals surface area contributed by atoms with Gasteiger partial charge in [-0.15, -0.1) is 0 Å². The lowest BCUT2D eigenvalue weighted by molar-refractivity contribution is 0.328. The number of hydrogen-bond acceptors (Lipinski definition) is 5. The molecular formula is C25H22N4O3. The van der Waals surface area contributed by atoms with Gasteiger partial charge in [-0.1, -0.05) is 6.07 Å². The largest absolute Gasteiger partial charge is 0.497 e. The molecule has 0 saturated heterocycles. The summed E-state index contributed by atoms with van der Waals surface area (Å²) in [5.74, 6) is -0.282. The van der Waals surface area contributed by atoms with Gasteiger partial charge in [0.05, 0.1) is 31.7 Å². The smallest absolute Gasteiger partial charge is 0.264 e. The van der Waals surface area contributed by atoms with Crippen LogP contribution in [0.1, 0.15) is 17.8 Å². The molecule has 0 amide bonds. The van der Waals surface area contributed by atoms with Gasteiger partial charge >= 0.3 is 0 Å². The SMILES string of the molecule is [2H]C([2H])([2H])Oc1ccc(-n2c(=O)c(-c3ccc4nn(C)cc4c3)cc3ccc(OC([2H])([2H])C([2H])([2H])[2H])nc32)cc1. The summed E-state index contributed by atoms with van der Waals surface area (Å²) in [5, 5.41) is 5.66. The molecule has 0 unspecified atom stereocenters. The molecule has 0 atom stereocenters. The lowest BCUT2D eigenvalue weighted by Gasteiger charge is -2.14. The summed E-state index contributed by atoms with van der Waals surface area (Å²) in [6.45, 7) is -6.12. The van der Waals surface area contributed by atoms with E-state index in [1.807, 2.05) is 12.3 Å². The Morgan fingerprint density at radius 1 is 1.06 bits per heavy atom. The number of methoxy groups -OCH3 is 1. The van der Waals surface area contributed by atoms with Gasteiger partial charge < -0.3 is 9.47 Å². The van der Waals surface area contributed by atoms with Crippen LogP contribution in [0.2, 0.25) is 0 Å². The van der Waals surface area contributed by atoms with Crippen LogP contribution in [0.4, 0.5) is 0 Å². The minimum Gasteiger partial charge on any atom is -0.497 e. The first-order valence-corrected chi connectivity index (χ1v) is 9.60. The zero-order valence-corrected chi connectivity index (χ0v) is 16.9. The Morgan fingerprint density at radius 3 is 2.75 bits per heavy atom. The third-order valence-electron chi connectivity index (χ3n) is 5.12. The molecule has 7 heteroatoms. The maximum Gasteiger partial charge on any atom is 0.264 e. The molecule has 160 valence electrons. The zero-order chi connectivity index (χ0) is 29.0. The summed E-state index contributed by atoms with van der Waals surface area (Å²) >= 11 is 0. The summed E-state index contributed by atoms with van der Waals surface area (Å²) in [6, 6.07) is 15.6. The van der Waals surface area contributed by atoms with Crippen molar-refractivity contribution in [3.8, 4) is 28.4 Å². The monoisotopic (exact) mass is 434 g/mol. The minimum atomic E-state index is -3.09. The molecule has 0 N–H and O–H groups in total. The average Bonchev–Trinajstić information content (AvgIpc) is 3.22. The Kier molecular flexibility index (Phi) is 3.10. The highest BCUT2D eigenvalue weighted by atomic mass is 16.5. The highest BCUT2D eigenvalue weighted by Crippen LogP contribution is 2.27. The molecule has 2 aromatic carbocycles. The summed E-state index contributed by atoms with van der Waals surface area (Å²) in [5.41, 5.74) is 1.59. The lowest BCUT2D eigenvalue weighted by Crippen LogP contribution is -2.21. The van der Waals surface area contributed by atoms with Crippen LogP contribution in [-0.2, 0) is 7.05 Å². The molecule has 5 aromatic rings. The van der Waals surface area contributed by atoms with E-state index in [0.29, 0.717) is 22.2 Å². The molecule has 0 aliphatic rings. The highest BCUT2D eigenvalue weighted by molar-refractivity contribution is 5.88. The number of rotatable bonds is 5. The van der Waals surface area contributed by atoms with Crippen molar-refractivity contribution < 1.29 is 20.4 Å². The number of aryl methyl sites for hydroxylation is 1. The summed E-state index contributed by atoms with van der Waals surface area (Å²) in [4.78, 5) is 18.3. The quantitative estimate of drug-likeness (QED) is 0.411. The Labute approximate surface area is 195 Å². The van der Waals surface area contributed by atoms with Crippen LogP contribution in [0.25, 0.3) is 38.8 Å². The van der Waals surface area contributed by atoms with E-state index in [4.69, 9.17) is 20.4 Å². The van der Waals surface area contributed by atoms with Crippen molar-refractivity contribution >= 4 is 21.9 Å². The van der Waals surface area contributed by atoms with E-state index >= 15 is 0 Å². The molecule has 0 saturated carbocycles. The second-order valence-electron chi connectivity index (χ2n) is 7.14. The Hall–Kier alpha value is -4.13. The van der Waals surface area contributed by atoms with Gasteiger partial charge in [-0.25, -0.2) is 0 Å². The third kappa shape index (κ3) is 3.37. The first kappa shape index (κ1) is 12.7. The van der Waals surface area contributed by atoms with Crippen molar-refractivity contribution in [3.63, 3.8) is 0 Å². The summed E-state index contributed by atoms with van der Waals surface area (Å²) < 4.78 is 72.7. The van der Waals surface area contributed by atoms with Crippen LogP contribution in [0.5, 0.6) is 11.6 Å². The number of benzene rings is 2. The predicted molar refractivity (Wildman–Crippen MR) is 125 cm³/mol. The fourth-order valence-corrected chi connectivity index (χ4v) is 3.70. The van der Waals surface area contributed by atoms with Crippen LogP contribution in [0.15, 0.2) is 71.7 Å². The van der Waals surface area contributed by atoms with Gasteiger partial charge in [0.25, 0.3) is 5.56 Å². The van der Waals surface area contributed by atoms with E-state index in [2.05, 4.69) is 10.1 Å². The molecular weight excluding hydrogens is 404 g/mol. The Morgan fingerprint density at radius 2 is 1.94 bits per heavy atom. The molecule has 3 aromatic heterocycles. The average molecular weight is 435 g/mol. The van der Waals surface area contributed by atoms with Crippen LogP contribution in [0, 0.1) is 0 Å². The number of fused-ring (bicyclic) bond motifs is 2. The van der Waals surface area contributed by atoms with E-state index in [-0.39, 0.29) is 17.3 Å². The van der Waals surface area contributed by atoms with Gasteiger partial charge in [0.1, 0.15) is 5.75 Å². The van der Waals surface area contributed by atoms with Crippen LogP contribution in [-0.4, -0.2) is 32.9 Å². The maximum atomic E-state index is 14.0. The number of pyridine rings is 2. The molecule has 7 nitrogen and oxygen atoms in total. The maximum absolute atomic E-state index is 14.0. The number of hydrogen-bond donors (Lipinski definition) is 0. The van der Waals surface area contributed by atoms with Crippen LogP contribution < -0.4 is 15.0 Å². The summed E-state index contributed by atoms with van der Waals surface area (Å²) in [7, 11) is -0.867. The van der Waals surface area contributed by atoms with Gasteiger partial charge in [0, 0.05) is 39.8 Å². The Balaban J connectivity index is 1.71. The van der Waals surface area contributed by atoms with Crippen molar-refractivity contribution in [2.45, 2.75) is 6.85 Å². The molecule has 0 spiro atoms. The topological polar surface area (TPSA) is 71.2 Å². The molecule has 0 aliphatic heterocycles. The molecule has 0 radical (unpaired) electrons. The molecule has 0 bridgehead atoms. The third-order valence-corrected chi connectivity index (χ3v) is 5.12. The van der Waals surface area contributed by atoms with E-state index in [9.17, 15) is 4.79 Å². The highest BCUT2D eigenvalue weighted by Gasteiger charge is 2.15.